The van der Waals surface area contributed by atoms with Gasteiger partial charge in [0.1, 0.15) is 6.04 Å². The lowest BCUT2D eigenvalue weighted by Gasteiger charge is -2.12. The highest BCUT2D eigenvalue weighted by Gasteiger charge is 2.13. The summed E-state index contributed by atoms with van der Waals surface area (Å²) >= 11 is 0. The van der Waals surface area contributed by atoms with E-state index < -0.39 is 12.1 Å². The van der Waals surface area contributed by atoms with Crippen LogP contribution in [-0.4, -0.2) is 18.0 Å². The number of anilines is 1. The van der Waals surface area contributed by atoms with Crippen molar-refractivity contribution in [1.29, 1.82) is 0 Å². The van der Waals surface area contributed by atoms with E-state index in [1.54, 1.807) is 19.1 Å². The van der Waals surface area contributed by atoms with Gasteiger partial charge in [-0.15, -0.1) is 0 Å². The van der Waals surface area contributed by atoms with Crippen LogP contribution in [0.3, 0.4) is 0 Å². The largest absolute Gasteiger partial charge is 0.352 e. The standard InChI is InChI=1S/C11H15N3O2/c1-7-3-5-9(6-4-7)14-10(15)8(2)13-11(12)16/h3-6,8H,1-2H3,(H,14,15)(H3,12,13,16)/t8-/m0/s1. The van der Waals surface area contributed by atoms with Crippen LogP contribution in [-0.2, 0) is 4.79 Å². The third-order valence-electron chi connectivity index (χ3n) is 2.07. The fraction of sp³-hybridized carbons (Fsp3) is 0.273. The first-order valence-corrected chi connectivity index (χ1v) is 4.92. The van der Waals surface area contributed by atoms with Crippen LogP contribution < -0.4 is 16.4 Å². The van der Waals surface area contributed by atoms with Crippen molar-refractivity contribution in [1.82, 2.24) is 5.32 Å². The Balaban J connectivity index is 2.57. The van der Waals surface area contributed by atoms with Crippen molar-refractivity contribution in [2.24, 2.45) is 5.73 Å². The normalized spacial score (nSPS) is 11.6. The van der Waals surface area contributed by atoms with Gasteiger partial charge in [-0.05, 0) is 26.0 Å². The van der Waals surface area contributed by atoms with Gasteiger partial charge in [-0.25, -0.2) is 4.79 Å². The number of nitrogens with one attached hydrogen (secondary N) is 2. The number of hydrogen-bond donors (Lipinski definition) is 3. The number of rotatable bonds is 3. The van der Waals surface area contributed by atoms with E-state index >= 15 is 0 Å². The van der Waals surface area contributed by atoms with Gasteiger partial charge in [-0.2, -0.15) is 0 Å². The molecule has 0 heterocycles. The number of benzene rings is 1. The zero-order valence-electron chi connectivity index (χ0n) is 9.28. The van der Waals surface area contributed by atoms with Gasteiger partial charge in [-0.1, -0.05) is 17.7 Å². The summed E-state index contributed by atoms with van der Waals surface area (Å²) in [6.45, 7) is 3.52. The summed E-state index contributed by atoms with van der Waals surface area (Å²) < 4.78 is 0. The minimum absolute atomic E-state index is 0.303. The minimum atomic E-state index is -0.716. The molecule has 0 aliphatic rings. The molecule has 0 aliphatic heterocycles. The van der Waals surface area contributed by atoms with Crippen molar-refractivity contribution >= 4 is 17.6 Å². The molecule has 0 bridgehead atoms. The highest BCUT2D eigenvalue weighted by Crippen LogP contribution is 2.08. The van der Waals surface area contributed by atoms with E-state index in [2.05, 4.69) is 10.6 Å². The van der Waals surface area contributed by atoms with Crippen LogP contribution >= 0.6 is 0 Å². The lowest BCUT2D eigenvalue weighted by atomic mass is 10.2. The molecule has 0 aromatic heterocycles. The number of aryl methyl sites for hydroxylation is 1. The quantitative estimate of drug-likeness (QED) is 0.711. The Labute approximate surface area is 94.0 Å². The van der Waals surface area contributed by atoms with Crippen LogP contribution in [0.2, 0.25) is 0 Å². The lowest BCUT2D eigenvalue weighted by Crippen LogP contribution is -2.44. The average molecular weight is 221 g/mol. The maximum Gasteiger partial charge on any atom is 0.312 e. The molecule has 3 amide bonds. The summed E-state index contributed by atoms with van der Waals surface area (Å²) in [4.78, 5) is 22.1. The number of hydrogen-bond acceptors (Lipinski definition) is 2. The number of carbonyl (C=O) groups excluding carboxylic acids is 2. The molecule has 1 atom stereocenters. The number of nitrogens with two attached hydrogens (primary N) is 1. The summed E-state index contributed by atoms with van der Waals surface area (Å²) in [6.07, 6.45) is 0. The first kappa shape index (κ1) is 12.0. The summed E-state index contributed by atoms with van der Waals surface area (Å²) in [5.74, 6) is -0.303. The first-order valence-electron chi connectivity index (χ1n) is 4.92. The SMILES string of the molecule is Cc1ccc(NC(=O)[C@H](C)NC(N)=O)cc1. The second kappa shape index (κ2) is 5.16. The van der Waals surface area contributed by atoms with Crippen molar-refractivity contribution in [3.8, 4) is 0 Å². The number of amides is 3. The molecule has 0 unspecified atom stereocenters. The van der Waals surface area contributed by atoms with Gasteiger partial charge in [0.2, 0.25) is 5.91 Å². The lowest BCUT2D eigenvalue weighted by molar-refractivity contribution is -0.117. The number of urea groups is 1. The van der Waals surface area contributed by atoms with Crippen molar-refractivity contribution in [2.75, 3.05) is 5.32 Å². The van der Waals surface area contributed by atoms with Crippen LogP contribution in [0.25, 0.3) is 0 Å². The van der Waals surface area contributed by atoms with Gasteiger partial charge in [0.25, 0.3) is 0 Å². The Kier molecular flexibility index (Phi) is 3.88. The Hall–Kier alpha value is -2.04. The van der Waals surface area contributed by atoms with Crippen LogP contribution in [0.5, 0.6) is 0 Å². The topological polar surface area (TPSA) is 84.2 Å². The van der Waals surface area contributed by atoms with Crippen LogP contribution in [0.15, 0.2) is 24.3 Å². The Morgan fingerprint density at radius 1 is 1.25 bits per heavy atom. The van der Waals surface area contributed by atoms with Crippen LogP contribution in [0, 0.1) is 6.92 Å². The van der Waals surface area contributed by atoms with E-state index in [4.69, 9.17) is 5.73 Å². The highest BCUT2D eigenvalue weighted by atomic mass is 16.2. The Bertz CT molecular complexity index is 387. The Morgan fingerprint density at radius 2 is 1.81 bits per heavy atom. The predicted molar refractivity (Wildman–Crippen MR) is 62.0 cm³/mol. The predicted octanol–water partition coefficient (Wildman–Crippen LogP) is 0.990. The fourth-order valence-corrected chi connectivity index (χ4v) is 1.17. The van der Waals surface area contributed by atoms with E-state index in [1.165, 1.54) is 0 Å². The van der Waals surface area contributed by atoms with Crippen molar-refractivity contribution < 1.29 is 9.59 Å². The zero-order chi connectivity index (χ0) is 12.1. The molecule has 0 radical (unpaired) electrons. The van der Waals surface area contributed by atoms with Crippen LogP contribution in [0.1, 0.15) is 12.5 Å². The van der Waals surface area contributed by atoms with Crippen molar-refractivity contribution in [3.63, 3.8) is 0 Å². The third kappa shape index (κ3) is 3.61. The highest BCUT2D eigenvalue weighted by molar-refractivity contribution is 5.96. The molecule has 0 aliphatic carbocycles. The first-order chi connectivity index (χ1) is 7.49. The van der Waals surface area contributed by atoms with E-state index in [9.17, 15) is 9.59 Å². The summed E-state index contributed by atoms with van der Waals surface area (Å²) in [7, 11) is 0. The molecule has 0 saturated heterocycles. The number of carbonyl (C=O) groups is 2. The zero-order valence-corrected chi connectivity index (χ0v) is 9.28. The van der Waals surface area contributed by atoms with E-state index in [0.717, 1.165) is 5.56 Å². The molecule has 1 aromatic rings. The van der Waals surface area contributed by atoms with E-state index in [1.807, 2.05) is 19.1 Å². The van der Waals surface area contributed by atoms with Gasteiger partial charge < -0.3 is 16.4 Å². The van der Waals surface area contributed by atoms with Crippen molar-refractivity contribution in [3.05, 3.63) is 29.8 Å². The van der Waals surface area contributed by atoms with Gasteiger partial charge in [0.05, 0.1) is 0 Å². The van der Waals surface area contributed by atoms with Crippen molar-refractivity contribution in [2.45, 2.75) is 19.9 Å². The van der Waals surface area contributed by atoms with E-state index in [0.29, 0.717) is 5.69 Å². The molecular formula is C11H15N3O2. The van der Waals surface area contributed by atoms with Crippen LogP contribution in [0.4, 0.5) is 10.5 Å². The fourth-order valence-electron chi connectivity index (χ4n) is 1.17. The molecule has 4 N–H and O–H groups in total. The van der Waals surface area contributed by atoms with Gasteiger partial charge in [0.15, 0.2) is 0 Å². The summed E-state index contributed by atoms with van der Waals surface area (Å²) in [6, 6.07) is 6.00. The van der Waals surface area contributed by atoms with E-state index in [-0.39, 0.29) is 5.91 Å². The summed E-state index contributed by atoms with van der Waals surface area (Å²) in [5, 5.41) is 4.97. The third-order valence-corrected chi connectivity index (χ3v) is 2.07. The molecule has 1 aromatic carbocycles. The maximum absolute atomic E-state index is 11.6. The van der Waals surface area contributed by atoms with Gasteiger partial charge in [0, 0.05) is 5.69 Å². The Morgan fingerprint density at radius 3 is 2.31 bits per heavy atom. The molecule has 0 saturated carbocycles. The summed E-state index contributed by atoms with van der Waals surface area (Å²) in [5.41, 5.74) is 6.72. The number of primary amides is 1. The monoisotopic (exact) mass is 221 g/mol. The smallest absolute Gasteiger partial charge is 0.312 e. The molecule has 1 rings (SSSR count). The van der Waals surface area contributed by atoms with Gasteiger partial charge >= 0.3 is 6.03 Å². The minimum Gasteiger partial charge on any atom is -0.352 e. The average Bonchev–Trinajstić information content (AvgIpc) is 2.20. The maximum atomic E-state index is 11.6. The molecule has 0 fully saturated rings. The molecule has 0 spiro atoms. The molecule has 16 heavy (non-hydrogen) atoms. The molecule has 5 nitrogen and oxygen atoms in total. The second-order valence-electron chi connectivity index (χ2n) is 3.59. The van der Waals surface area contributed by atoms with Gasteiger partial charge in [-0.3, -0.25) is 4.79 Å². The molecule has 5 heteroatoms. The molecular weight excluding hydrogens is 206 g/mol. The molecule has 86 valence electrons. The second-order valence-corrected chi connectivity index (χ2v) is 3.59.